The minimum atomic E-state index is -3.78. The van der Waals surface area contributed by atoms with E-state index in [0.717, 1.165) is 9.79 Å². The summed E-state index contributed by atoms with van der Waals surface area (Å²) in [4.78, 5) is 5.70. The molecule has 4 N–H and O–H groups in total. The van der Waals surface area contributed by atoms with Crippen LogP contribution in [0, 0.1) is 6.92 Å². The molecule has 0 saturated carbocycles. The van der Waals surface area contributed by atoms with Crippen LogP contribution in [0.4, 0.5) is 5.69 Å². The molecular formula is C12H13N3O2S2. The Morgan fingerprint density at radius 1 is 1.21 bits per heavy atom. The fourth-order valence-electron chi connectivity index (χ4n) is 1.62. The van der Waals surface area contributed by atoms with Crippen molar-refractivity contribution in [2.75, 3.05) is 5.73 Å². The topological polar surface area (TPSA) is 99.1 Å². The van der Waals surface area contributed by atoms with Crippen molar-refractivity contribution in [3.8, 4) is 0 Å². The molecule has 100 valence electrons. The SMILES string of the molecule is Cc1c(Sc2ccncc2)cc(N)cc1S(N)(=O)=O. The van der Waals surface area contributed by atoms with Crippen molar-refractivity contribution in [1.82, 2.24) is 4.98 Å². The van der Waals surface area contributed by atoms with E-state index in [0.29, 0.717) is 11.3 Å². The number of primary sulfonamides is 1. The monoisotopic (exact) mass is 295 g/mol. The molecule has 0 spiro atoms. The maximum absolute atomic E-state index is 11.5. The molecule has 7 heteroatoms. The van der Waals surface area contributed by atoms with E-state index in [1.807, 2.05) is 12.1 Å². The van der Waals surface area contributed by atoms with Crippen molar-refractivity contribution in [3.63, 3.8) is 0 Å². The third-order valence-electron chi connectivity index (χ3n) is 2.52. The molecule has 0 radical (unpaired) electrons. The molecule has 0 aliphatic carbocycles. The molecule has 1 heterocycles. The zero-order valence-electron chi connectivity index (χ0n) is 10.2. The summed E-state index contributed by atoms with van der Waals surface area (Å²) in [5.41, 5.74) is 6.70. The number of hydrogen-bond donors (Lipinski definition) is 2. The predicted octanol–water partition coefficient (Wildman–Crippen LogP) is 1.77. The molecule has 1 aromatic heterocycles. The summed E-state index contributed by atoms with van der Waals surface area (Å²) in [6, 6.07) is 6.78. The van der Waals surface area contributed by atoms with Crippen LogP contribution in [-0.2, 0) is 10.0 Å². The van der Waals surface area contributed by atoms with Crippen LogP contribution < -0.4 is 10.9 Å². The van der Waals surface area contributed by atoms with Gasteiger partial charge in [-0.15, -0.1) is 0 Å². The van der Waals surface area contributed by atoms with Gasteiger partial charge in [0.15, 0.2) is 0 Å². The summed E-state index contributed by atoms with van der Waals surface area (Å²) < 4.78 is 23.0. The van der Waals surface area contributed by atoms with Crippen molar-refractivity contribution >= 4 is 27.5 Å². The Kier molecular flexibility index (Phi) is 3.79. The fraction of sp³-hybridized carbons (Fsp3) is 0.0833. The maximum Gasteiger partial charge on any atom is 0.238 e. The van der Waals surface area contributed by atoms with Gasteiger partial charge in [-0.1, -0.05) is 11.8 Å². The highest BCUT2D eigenvalue weighted by Gasteiger charge is 2.16. The number of aromatic nitrogens is 1. The highest BCUT2D eigenvalue weighted by Crippen LogP contribution is 2.34. The smallest absolute Gasteiger partial charge is 0.238 e. The number of nitrogen functional groups attached to an aromatic ring is 1. The highest BCUT2D eigenvalue weighted by molar-refractivity contribution is 7.99. The minimum Gasteiger partial charge on any atom is -0.399 e. The Balaban J connectivity index is 2.50. The largest absolute Gasteiger partial charge is 0.399 e. The zero-order valence-corrected chi connectivity index (χ0v) is 11.8. The first-order chi connectivity index (χ1) is 8.88. The average molecular weight is 295 g/mol. The van der Waals surface area contributed by atoms with E-state index >= 15 is 0 Å². The second kappa shape index (κ2) is 5.20. The molecule has 19 heavy (non-hydrogen) atoms. The van der Waals surface area contributed by atoms with Crippen LogP contribution >= 0.6 is 11.8 Å². The van der Waals surface area contributed by atoms with Crippen LogP contribution in [0.25, 0.3) is 0 Å². The number of nitrogens with two attached hydrogens (primary N) is 2. The number of hydrogen-bond acceptors (Lipinski definition) is 5. The van der Waals surface area contributed by atoms with Crippen molar-refractivity contribution in [3.05, 3.63) is 42.2 Å². The summed E-state index contributed by atoms with van der Waals surface area (Å²) in [6.07, 6.45) is 3.34. The molecule has 0 bridgehead atoms. The van der Waals surface area contributed by atoms with Crippen molar-refractivity contribution in [1.29, 1.82) is 0 Å². The van der Waals surface area contributed by atoms with Crippen LogP contribution in [0.15, 0.2) is 51.3 Å². The van der Waals surface area contributed by atoms with Crippen molar-refractivity contribution in [2.45, 2.75) is 21.6 Å². The van der Waals surface area contributed by atoms with E-state index < -0.39 is 10.0 Å². The van der Waals surface area contributed by atoms with E-state index in [4.69, 9.17) is 10.9 Å². The second-order valence-electron chi connectivity index (χ2n) is 3.97. The van der Waals surface area contributed by atoms with Crippen LogP contribution in [0.3, 0.4) is 0 Å². The number of rotatable bonds is 3. The number of sulfonamides is 1. The molecule has 0 atom stereocenters. The van der Waals surface area contributed by atoms with Crippen LogP contribution in [0.5, 0.6) is 0 Å². The highest BCUT2D eigenvalue weighted by atomic mass is 32.2. The molecule has 0 aliphatic rings. The van der Waals surface area contributed by atoms with Gasteiger partial charge in [-0.2, -0.15) is 0 Å². The van der Waals surface area contributed by atoms with Crippen molar-refractivity contribution < 1.29 is 8.42 Å². The minimum absolute atomic E-state index is 0.0593. The summed E-state index contributed by atoms with van der Waals surface area (Å²) >= 11 is 1.42. The van der Waals surface area contributed by atoms with Gasteiger partial charge in [0.05, 0.1) is 4.90 Å². The van der Waals surface area contributed by atoms with Gasteiger partial charge < -0.3 is 5.73 Å². The van der Waals surface area contributed by atoms with Crippen LogP contribution in [0.2, 0.25) is 0 Å². The molecule has 2 rings (SSSR count). The standard InChI is InChI=1S/C12H13N3O2S2/c1-8-11(18-10-2-4-15-5-3-10)6-9(13)7-12(8)19(14,16)17/h2-7H,13H2,1H3,(H2,14,16,17). The molecule has 0 fully saturated rings. The van der Waals surface area contributed by atoms with Gasteiger partial charge in [0.25, 0.3) is 0 Å². The number of anilines is 1. The Bertz CT molecular complexity index is 700. The fourth-order valence-corrected chi connectivity index (χ4v) is 3.49. The summed E-state index contributed by atoms with van der Waals surface area (Å²) in [7, 11) is -3.78. The lowest BCUT2D eigenvalue weighted by atomic mass is 10.2. The molecule has 0 unspecified atom stereocenters. The quantitative estimate of drug-likeness (QED) is 0.841. The van der Waals surface area contributed by atoms with Gasteiger partial charge in [0.1, 0.15) is 0 Å². The Morgan fingerprint density at radius 2 is 1.84 bits per heavy atom. The van der Waals surface area contributed by atoms with Gasteiger partial charge in [0, 0.05) is 27.9 Å². The van der Waals surface area contributed by atoms with Crippen molar-refractivity contribution in [2.24, 2.45) is 5.14 Å². The summed E-state index contributed by atoms with van der Waals surface area (Å²) in [5.74, 6) is 0. The lowest BCUT2D eigenvalue weighted by molar-refractivity contribution is 0.597. The maximum atomic E-state index is 11.5. The lowest BCUT2D eigenvalue weighted by Gasteiger charge is -2.11. The van der Waals surface area contributed by atoms with Gasteiger partial charge in [0.2, 0.25) is 10.0 Å². The van der Waals surface area contributed by atoms with Gasteiger partial charge >= 0.3 is 0 Å². The third-order valence-corrected chi connectivity index (χ3v) is 4.71. The van der Waals surface area contributed by atoms with Gasteiger partial charge in [-0.3, -0.25) is 4.98 Å². The number of benzene rings is 1. The normalized spacial score (nSPS) is 11.5. The predicted molar refractivity (Wildman–Crippen MR) is 75.3 cm³/mol. The molecule has 2 aromatic rings. The van der Waals surface area contributed by atoms with E-state index in [2.05, 4.69) is 4.98 Å². The molecule has 0 aliphatic heterocycles. The van der Waals surface area contributed by atoms with E-state index in [1.165, 1.54) is 17.8 Å². The van der Waals surface area contributed by atoms with Crippen LogP contribution in [0.1, 0.15) is 5.56 Å². The third kappa shape index (κ3) is 3.25. The first-order valence-electron chi connectivity index (χ1n) is 5.39. The first-order valence-corrected chi connectivity index (χ1v) is 7.75. The van der Waals surface area contributed by atoms with Gasteiger partial charge in [-0.05, 0) is 36.8 Å². The van der Waals surface area contributed by atoms with E-state index in [-0.39, 0.29) is 4.90 Å². The van der Waals surface area contributed by atoms with Gasteiger partial charge in [-0.25, -0.2) is 13.6 Å². The Hall–Kier alpha value is -1.57. The Morgan fingerprint density at radius 3 is 2.42 bits per heavy atom. The van der Waals surface area contributed by atoms with Crippen LogP contribution in [-0.4, -0.2) is 13.4 Å². The summed E-state index contributed by atoms with van der Waals surface area (Å²) in [5, 5.41) is 5.19. The molecule has 0 amide bonds. The van der Waals surface area contributed by atoms with E-state index in [9.17, 15) is 8.42 Å². The number of nitrogens with zero attached hydrogens (tertiary/aromatic N) is 1. The lowest BCUT2D eigenvalue weighted by Crippen LogP contribution is -2.14. The molecule has 1 aromatic carbocycles. The average Bonchev–Trinajstić information content (AvgIpc) is 2.33. The second-order valence-corrected chi connectivity index (χ2v) is 6.62. The number of pyridine rings is 1. The zero-order chi connectivity index (χ0) is 14.0. The summed E-state index contributed by atoms with van der Waals surface area (Å²) in [6.45, 7) is 1.71. The molecular weight excluding hydrogens is 282 g/mol. The molecule has 0 saturated heterocycles. The Labute approximate surface area is 116 Å². The first kappa shape index (κ1) is 13.9. The van der Waals surface area contributed by atoms with E-state index in [1.54, 1.807) is 25.4 Å². The molecule has 5 nitrogen and oxygen atoms in total.